The third-order valence-electron chi connectivity index (χ3n) is 10.0. The van der Waals surface area contributed by atoms with Gasteiger partial charge in [0, 0.05) is 36.8 Å². The van der Waals surface area contributed by atoms with E-state index in [-0.39, 0.29) is 23.9 Å². The van der Waals surface area contributed by atoms with E-state index in [2.05, 4.69) is 60.0 Å². The maximum Gasteiger partial charge on any atom is 0.165 e. The quantitative estimate of drug-likeness (QED) is 0.656. The Morgan fingerprint density at radius 1 is 1.09 bits per heavy atom. The number of ether oxygens (including phenoxy) is 1. The first-order chi connectivity index (χ1) is 16.9. The number of aromatic hydroxyl groups is 1. The lowest BCUT2D eigenvalue weighted by molar-refractivity contribution is -0.203. The number of phenols is 1. The average molecular weight is 475 g/mol. The molecule has 2 aromatic rings. The van der Waals surface area contributed by atoms with E-state index in [1.807, 2.05) is 6.07 Å². The van der Waals surface area contributed by atoms with E-state index in [0.29, 0.717) is 11.8 Å². The molecular weight excluding hydrogens is 436 g/mol. The second-order valence-electron chi connectivity index (χ2n) is 12.1. The molecular formula is C30H38N2O3. The molecule has 5 heteroatoms. The number of hydrogen-bond acceptors (Lipinski definition) is 5. The zero-order chi connectivity index (χ0) is 23.9. The normalized spacial score (nSPS) is 35.3. The number of piperidine rings is 1. The van der Waals surface area contributed by atoms with Gasteiger partial charge in [-0.05, 0) is 82.0 Å². The van der Waals surface area contributed by atoms with Crippen LogP contribution >= 0.6 is 0 Å². The molecule has 2 N–H and O–H groups in total. The van der Waals surface area contributed by atoms with Crippen LogP contribution < -0.4 is 4.74 Å². The van der Waals surface area contributed by atoms with Crippen LogP contribution in [0, 0.1) is 5.92 Å². The third kappa shape index (κ3) is 3.04. The van der Waals surface area contributed by atoms with Crippen molar-refractivity contribution in [2.24, 2.45) is 5.92 Å². The molecule has 0 amide bonds. The highest BCUT2D eigenvalue weighted by Crippen LogP contribution is 2.66. The van der Waals surface area contributed by atoms with Crippen molar-refractivity contribution in [2.75, 3.05) is 13.1 Å². The summed E-state index contributed by atoms with van der Waals surface area (Å²) in [4.78, 5) is 5.19. The summed E-state index contributed by atoms with van der Waals surface area (Å²) in [6.07, 6.45) is 5.96. The van der Waals surface area contributed by atoms with Gasteiger partial charge in [-0.15, -0.1) is 0 Å². The van der Waals surface area contributed by atoms with Crippen LogP contribution in [0.3, 0.4) is 0 Å². The number of rotatable bonds is 6. The number of benzene rings is 2. The van der Waals surface area contributed by atoms with Crippen molar-refractivity contribution >= 4 is 0 Å². The van der Waals surface area contributed by atoms with Gasteiger partial charge in [-0.25, -0.2) is 0 Å². The number of nitrogens with zero attached hydrogens (tertiary/aromatic N) is 2. The zero-order valence-corrected chi connectivity index (χ0v) is 21.0. The standard InChI is InChI=1S/C30H38N2O3/c1-19(2)32(18-20-6-4-3-5-7-20)23-12-13-30(34)25-16-22-10-11-24(33)27-26(22)29(30,28(23)35-27)14-15-31(25)17-21-8-9-21/h3-7,10-11,19,21,23,25,28,33-34H,8-9,12-18H2,1-2H3/t23?,25-,28?,29+,30?/m1/s1. The predicted octanol–water partition coefficient (Wildman–Crippen LogP) is 4.24. The highest BCUT2D eigenvalue weighted by molar-refractivity contribution is 5.62. The van der Waals surface area contributed by atoms with Crippen LogP contribution in [0.2, 0.25) is 0 Å². The van der Waals surface area contributed by atoms with Gasteiger partial charge in [0.2, 0.25) is 0 Å². The molecule has 186 valence electrons. The molecule has 3 unspecified atom stereocenters. The summed E-state index contributed by atoms with van der Waals surface area (Å²) in [6.45, 7) is 7.53. The summed E-state index contributed by atoms with van der Waals surface area (Å²) in [6, 6.07) is 15.3. The fraction of sp³-hybridized carbons (Fsp3) is 0.600. The van der Waals surface area contributed by atoms with E-state index in [9.17, 15) is 10.2 Å². The maximum atomic E-state index is 12.7. The Morgan fingerprint density at radius 3 is 2.63 bits per heavy atom. The van der Waals surface area contributed by atoms with Crippen molar-refractivity contribution in [3.8, 4) is 11.5 Å². The zero-order valence-electron chi connectivity index (χ0n) is 21.0. The minimum Gasteiger partial charge on any atom is -0.504 e. The van der Waals surface area contributed by atoms with Crippen LogP contribution in [0.25, 0.3) is 0 Å². The summed E-state index contributed by atoms with van der Waals surface area (Å²) in [5, 5.41) is 23.6. The van der Waals surface area contributed by atoms with Crippen molar-refractivity contribution in [2.45, 2.75) is 94.2 Å². The van der Waals surface area contributed by atoms with Gasteiger partial charge in [0.05, 0.1) is 11.0 Å². The van der Waals surface area contributed by atoms with Gasteiger partial charge in [0.15, 0.2) is 11.5 Å². The number of hydrogen-bond donors (Lipinski definition) is 2. The van der Waals surface area contributed by atoms with E-state index in [4.69, 9.17) is 4.74 Å². The smallest absolute Gasteiger partial charge is 0.165 e. The lowest BCUT2D eigenvalue weighted by Gasteiger charge is -2.65. The van der Waals surface area contributed by atoms with Crippen molar-refractivity contribution in [3.05, 3.63) is 59.2 Å². The molecule has 2 bridgehead atoms. The molecule has 2 aliphatic heterocycles. The largest absolute Gasteiger partial charge is 0.504 e. The minimum absolute atomic E-state index is 0.133. The third-order valence-corrected chi connectivity index (χ3v) is 10.0. The summed E-state index contributed by atoms with van der Waals surface area (Å²) in [5.74, 6) is 1.68. The summed E-state index contributed by atoms with van der Waals surface area (Å²) in [5.41, 5.74) is 2.43. The first kappa shape index (κ1) is 22.1. The summed E-state index contributed by atoms with van der Waals surface area (Å²) < 4.78 is 6.81. The molecule has 0 radical (unpaired) electrons. The Morgan fingerprint density at radius 2 is 1.89 bits per heavy atom. The second kappa shape index (κ2) is 7.71. The number of likely N-dealkylation sites (tertiary alicyclic amines) is 1. The van der Waals surface area contributed by atoms with Crippen LogP contribution in [0.1, 0.15) is 62.6 Å². The van der Waals surface area contributed by atoms with Crippen LogP contribution in [0.4, 0.5) is 0 Å². The lowest BCUT2D eigenvalue weighted by atomic mass is 9.48. The van der Waals surface area contributed by atoms with Gasteiger partial charge in [0.1, 0.15) is 6.10 Å². The topological polar surface area (TPSA) is 56.2 Å². The molecule has 3 fully saturated rings. The number of aliphatic hydroxyl groups is 1. The van der Waals surface area contributed by atoms with Crippen molar-refractivity contribution < 1.29 is 14.9 Å². The number of phenolic OH excluding ortho intramolecular Hbond substituents is 1. The average Bonchev–Trinajstić information content (AvgIpc) is 3.59. The summed E-state index contributed by atoms with van der Waals surface area (Å²) in [7, 11) is 0. The SMILES string of the molecule is CC(C)N(Cc1ccccc1)C1CCC2(O)[C@H]3Cc4ccc(O)c5c4[C@@]2(CCN3CC2CC2)C1O5. The van der Waals surface area contributed by atoms with Gasteiger partial charge >= 0.3 is 0 Å². The Labute approximate surface area is 208 Å². The fourth-order valence-electron chi connectivity index (χ4n) is 8.27. The monoisotopic (exact) mass is 474 g/mol. The molecule has 0 aromatic heterocycles. The van der Waals surface area contributed by atoms with Gasteiger partial charge in [-0.2, -0.15) is 0 Å². The van der Waals surface area contributed by atoms with Gasteiger partial charge in [-0.1, -0.05) is 36.4 Å². The molecule has 2 saturated carbocycles. The predicted molar refractivity (Wildman–Crippen MR) is 136 cm³/mol. The summed E-state index contributed by atoms with van der Waals surface area (Å²) >= 11 is 0. The molecule has 5 aliphatic rings. The molecule has 2 heterocycles. The van der Waals surface area contributed by atoms with Crippen molar-refractivity contribution in [1.82, 2.24) is 9.80 Å². The molecule has 2 aromatic carbocycles. The van der Waals surface area contributed by atoms with E-state index in [0.717, 1.165) is 56.8 Å². The van der Waals surface area contributed by atoms with Crippen LogP contribution in [0.15, 0.2) is 42.5 Å². The Bertz CT molecular complexity index is 1130. The molecule has 5 nitrogen and oxygen atoms in total. The van der Waals surface area contributed by atoms with E-state index < -0.39 is 11.0 Å². The van der Waals surface area contributed by atoms with Crippen LogP contribution in [-0.4, -0.2) is 62.9 Å². The Balaban J connectivity index is 1.33. The minimum atomic E-state index is -0.817. The lowest BCUT2D eigenvalue weighted by Crippen LogP contribution is -2.78. The van der Waals surface area contributed by atoms with Gasteiger partial charge in [0.25, 0.3) is 0 Å². The van der Waals surface area contributed by atoms with Crippen LogP contribution in [-0.2, 0) is 18.4 Å². The second-order valence-corrected chi connectivity index (χ2v) is 12.1. The van der Waals surface area contributed by atoms with Crippen molar-refractivity contribution in [3.63, 3.8) is 0 Å². The van der Waals surface area contributed by atoms with E-state index in [1.54, 1.807) is 0 Å². The molecule has 1 saturated heterocycles. The highest BCUT2D eigenvalue weighted by atomic mass is 16.5. The maximum absolute atomic E-state index is 12.7. The fourth-order valence-corrected chi connectivity index (χ4v) is 8.27. The van der Waals surface area contributed by atoms with Crippen molar-refractivity contribution in [1.29, 1.82) is 0 Å². The molecule has 1 spiro atoms. The molecule has 5 atom stereocenters. The molecule has 3 aliphatic carbocycles. The van der Waals surface area contributed by atoms with E-state index in [1.165, 1.54) is 24.0 Å². The Hall–Kier alpha value is -2.08. The molecule has 35 heavy (non-hydrogen) atoms. The van der Waals surface area contributed by atoms with E-state index >= 15 is 0 Å². The first-order valence-corrected chi connectivity index (χ1v) is 13.7. The van der Waals surface area contributed by atoms with Gasteiger partial charge < -0.3 is 14.9 Å². The first-order valence-electron chi connectivity index (χ1n) is 13.7. The Kier molecular flexibility index (Phi) is 4.88. The van der Waals surface area contributed by atoms with Gasteiger partial charge in [-0.3, -0.25) is 9.80 Å². The highest BCUT2D eigenvalue weighted by Gasteiger charge is 2.73. The molecule has 7 rings (SSSR count). The van der Waals surface area contributed by atoms with Crippen LogP contribution in [0.5, 0.6) is 11.5 Å².